The van der Waals surface area contributed by atoms with Crippen molar-refractivity contribution in [3.63, 3.8) is 0 Å². The van der Waals surface area contributed by atoms with E-state index in [2.05, 4.69) is 17.9 Å². The Morgan fingerprint density at radius 2 is 1.37 bits per heavy atom. The number of esters is 3. The molecule has 0 rings (SSSR count). The number of hydrogen-bond acceptors (Lipinski definition) is 8. The second kappa shape index (κ2) is 12.8. The van der Waals surface area contributed by atoms with Gasteiger partial charge >= 0.3 is 79.4 Å². The molecule has 0 aromatic carbocycles. The van der Waals surface area contributed by atoms with Crippen LogP contribution in [0.2, 0.25) is 0 Å². The minimum atomic E-state index is -4.57. The number of carbonyl (C=O) groups excluding carboxylic acids is 3. The summed E-state index contributed by atoms with van der Waals surface area (Å²) in [7, 11) is -4.57. The van der Waals surface area contributed by atoms with E-state index in [0.29, 0.717) is 6.42 Å². The van der Waals surface area contributed by atoms with Crippen LogP contribution in [0.1, 0.15) is 33.6 Å². The van der Waals surface area contributed by atoms with Crippen molar-refractivity contribution in [3.05, 3.63) is 24.3 Å². The van der Waals surface area contributed by atoms with Crippen molar-refractivity contribution in [3.8, 4) is 0 Å². The first-order valence-electron chi connectivity index (χ1n) is 7.62. The number of ether oxygens (including phenoxy) is 3. The molecule has 27 heavy (non-hydrogen) atoms. The third-order valence-corrected chi connectivity index (χ3v) is 3.57. The van der Waals surface area contributed by atoms with Gasteiger partial charge in [-0.15, -0.1) is 0 Å². The molecular weight excluding hydrogens is 407 g/mol. The molecule has 0 bridgehead atoms. The summed E-state index contributed by atoms with van der Waals surface area (Å²) in [4.78, 5) is 35.7. The van der Waals surface area contributed by atoms with Gasteiger partial charge in [-0.2, -0.15) is 8.42 Å². The van der Waals surface area contributed by atoms with Crippen LogP contribution in [0.4, 0.5) is 0 Å². The Bertz CT molecular complexity index is 652. The summed E-state index contributed by atoms with van der Waals surface area (Å²) in [6, 6.07) is 0. The fraction of sp³-hybridized carbons (Fsp3) is 0.562. The van der Waals surface area contributed by atoms with Gasteiger partial charge in [0.15, 0.2) is 0 Å². The molecule has 150 valence electrons. The predicted octanol–water partition coefficient (Wildman–Crippen LogP) is 0.752. The Balaban J connectivity index is 0. The van der Waals surface area contributed by atoms with Crippen LogP contribution in [-0.4, -0.2) is 101 Å². The first-order chi connectivity index (χ1) is 11.8. The zero-order valence-electron chi connectivity index (χ0n) is 15.1. The number of carbonyl (C=O) groups is 3. The summed E-state index contributed by atoms with van der Waals surface area (Å²) >= 11 is 0. The van der Waals surface area contributed by atoms with Gasteiger partial charge in [0.1, 0.15) is 18.6 Å². The van der Waals surface area contributed by atoms with Crippen LogP contribution < -0.4 is 0 Å². The maximum atomic E-state index is 12.4. The molecule has 0 spiro atoms. The molecule has 0 saturated carbocycles. The molecule has 0 amide bonds. The number of rotatable bonds is 11. The van der Waals surface area contributed by atoms with E-state index >= 15 is 0 Å². The van der Waals surface area contributed by atoms with Crippen molar-refractivity contribution in [2.45, 2.75) is 33.6 Å². The molecule has 9 nitrogen and oxygen atoms in total. The van der Waals surface area contributed by atoms with Crippen molar-refractivity contribution in [1.82, 2.24) is 0 Å². The van der Waals surface area contributed by atoms with Gasteiger partial charge in [0.25, 0.3) is 0 Å². The quantitative estimate of drug-likeness (QED) is 0.165. The van der Waals surface area contributed by atoms with Crippen LogP contribution in [0.3, 0.4) is 0 Å². The van der Waals surface area contributed by atoms with Gasteiger partial charge in [-0.25, -0.2) is 9.59 Å². The molecule has 0 aromatic heterocycles. The van der Waals surface area contributed by atoms with Crippen LogP contribution >= 0.6 is 0 Å². The SMILES string of the molecule is C=C(C)C(=O)OCC(CCC)(COC(=O)C(=C)C)C(=O)OCS(=O)(=O)O.[KH]. The summed E-state index contributed by atoms with van der Waals surface area (Å²) in [6.45, 7) is 10.3. The van der Waals surface area contributed by atoms with E-state index < -0.39 is 52.6 Å². The van der Waals surface area contributed by atoms with Gasteiger partial charge < -0.3 is 14.2 Å². The Morgan fingerprint density at radius 1 is 0.963 bits per heavy atom. The normalized spacial score (nSPS) is 11.0. The molecule has 0 saturated heterocycles. The van der Waals surface area contributed by atoms with E-state index in [9.17, 15) is 22.8 Å². The van der Waals surface area contributed by atoms with Crippen LogP contribution in [0.25, 0.3) is 0 Å². The maximum absolute atomic E-state index is 12.4. The zero-order chi connectivity index (χ0) is 20.5. The van der Waals surface area contributed by atoms with E-state index in [-0.39, 0.29) is 69.0 Å². The molecule has 1 N–H and O–H groups in total. The number of hydrogen-bond donors (Lipinski definition) is 1. The molecule has 0 unspecified atom stereocenters. The van der Waals surface area contributed by atoms with Gasteiger partial charge in [-0.3, -0.25) is 9.35 Å². The molecule has 0 heterocycles. The Labute approximate surface area is 201 Å². The summed E-state index contributed by atoms with van der Waals surface area (Å²) in [5.74, 6) is -3.93. The van der Waals surface area contributed by atoms with Gasteiger partial charge in [0, 0.05) is 11.1 Å². The topological polar surface area (TPSA) is 133 Å². The van der Waals surface area contributed by atoms with Crippen LogP contribution in [0.15, 0.2) is 24.3 Å². The third kappa shape index (κ3) is 11.1. The van der Waals surface area contributed by atoms with E-state index in [4.69, 9.17) is 14.0 Å². The molecule has 0 aliphatic rings. The first-order valence-corrected chi connectivity index (χ1v) is 9.23. The van der Waals surface area contributed by atoms with Crippen LogP contribution in [-0.2, 0) is 38.7 Å². The molecular formula is C16H25KO9S. The molecule has 11 heteroatoms. The summed E-state index contributed by atoms with van der Waals surface area (Å²) < 4.78 is 45.0. The average Bonchev–Trinajstić information content (AvgIpc) is 2.53. The Hall–Kier alpha value is -0.564. The predicted molar refractivity (Wildman–Crippen MR) is 98.5 cm³/mol. The second-order valence-corrected chi connectivity index (χ2v) is 7.27. The van der Waals surface area contributed by atoms with Crippen LogP contribution in [0.5, 0.6) is 0 Å². The van der Waals surface area contributed by atoms with E-state index in [1.165, 1.54) is 13.8 Å². The molecule has 0 radical (unpaired) electrons. The van der Waals surface area contributed by atoms with E-state index in [0.717, 1.165) is 0 Å². The van der Waals surface area contributed by atoms with E-state index in [1.807, 2.05) is 0 Å². The van der Waals surface area contributed by atoms with Gasteiger partial charge in [-0.05, 0) is 20.3 Å². The molecule has 0 atom stereocenters. The Kier molecular flexibility index (Phi) is 13.6. The van der Waals surface area contributed by atoms with Gasteiger partial charge in [0.05, 0.1) is 0 Å². The monoisotopic (exact) mass is 432 g/mol. The van der Waals surface area contributed by atoms with Gasteiger partial charge in [0.2, 0.25) is 5.94 Å². The van der Waals surface area contributed by atoms with E-state index in [1.54, 1.807) is 6.92 Å². The molecule has 0 aliphatic carbocycles. The molecule has 0 fully saturated rings. The molecule has 0 aromatic rings. The van der Waals surface area contributed by atoms with Crippen molar-refractivity contribution in [2.75, 3.05) is 19.2 Å². The molecule has 0 aliphatic heterocycles. The second-order valence-electron chi connectivity index (χ2n) is 5.87. The van der Waals surface area contributed by atoms with Crippen molar-refractivity contribution < 1.29 is 41.6 Å². The van der Waals surface area contributed by atoms with Gasteiger partial charge in [-0.1, -0.05) is 26.5 Å². The van der Waals surface area contributed by atoms with Crippen molar-refractivity contribution in [2.24, 2.45) is 5.41 Å². The van der Waals surface area contributed by atoms with Crippen LogP contribution in [0, 0.1) is 5.41 Å². The fourth-order valence-corrected chi connectivity index (χ4v) is 2.08. The first kappa shape index (κ1) is 28.6. The Morgan fingerprint density at radius 3 is 1.67 bits per heavy atom. The van der Waals surface area contributed by atoms with Crippen molar-refractivity contribution in [1.29, 1.82) is 0 Å². The average molecular weight is 433 g/mol. The fourth-order valence-electron chi connectivity index (χ4n) is 1.82. The summed E-state index contributed by atoms with van der Waals surface area (Å²) in [6.07, 6.45) is 0.459. The standard InChI is InChI=1S/C16H24O9S.K.H/c1-6-7-16(8-23-13(17)11(2)3,9-24-14(18)12(4)5)15(19)25-10-26(20,21)22;;/h2,4,6-10H2,1,3,5H3,(H,20,21,22);;. The minimum absolute atomic E-state index is 0. The zero-order valence-corrected chi connectivity index (χ0v) is 15.9. The van der Waals surface area contributed by atoms with Crippen molar-refractivity contribution >= 4 is 79.4 Å². The summed E-state index contributed by atoms with van der Waals surface area (Å²) in [5, 5.41) is 0. The third-order valence-electron chi connectivity index (χ3n) is 3.16. The summed E-state index contributed by atoms with van der Waals surface area (Å²) in [5.41, 5.74) is -1.48.